The predicted molar refractivity (Wildman–Crippen MR) is 85.9 cm³/mol. The lowest BCUT2D eigenvalue weighted by Crippen LogP contribution is -2.08. The molecule has 0 atom stereocenters. The molecule has 2 aromatic rings. The van der Waals surface area contributed by atoms with Crippen molar-refractivity contribution in [2.24, 2.45) is 5.73 Å². The van der Waals surface area contributed by atoms with E-state index in [9.17, 15) is 0 Å². The number of hydrogen-bond donors (Lipinski definition) is 1. The van der Waals surface area contributed by atoms with E-state index in [1.165, 1.54) is 11.1 Å². The topological polar surface area (TPSA) is 44.5 Å². The van der Waals surface area contributed by atoms with Gasteiger partial charge in [0.15, 0.2) is 0 Å². The van der Waals surface area contributed by atoms with Crippen LogP contribution in [0.25, 0.3) is 0 Å². The third-order valence-corrected chi connectivity index (χ3v) is 3.55. The lowest BCUT2D eigenvalue weighted by molar-refractivity contribution is 0.245. The van der Waals surface area contributed by atoms with Gasteiger partial charge >= 0.3 is 0 Å². The van der Waals surface area contributed by atoms with E-state index in [1.807, 2.05) is 36.4 Å². The molecule has 0 aliphatic rings. The summed E-state index contributed by atoms with van der Waals surface area (Å²) < 4.78 is 11.6. The molecule has 2 N–H and O–H groups in total. The van der Waals surface area contributed by atoms with E-state index in [4.69, 9.17) is 15.2 Å². The Labute approximate surface area is 126 Å². The van der Waals surface area contributed by atoms with Crippen molar-refractivity contribution in [3.8, 4) is 11.5 Å². The van der Waals surface area contributed by atoms with Gasteiger partial charge in [-0.3, -0.25) is 0 Å². The number of aryl methyl sites for hydroxylation is 1. The van der Waals surface area contributed by atoms with Gasteiger partial charge in [0.05, 0.1) is 13.2 Å². The Hall–Kier alpha value is -2.00. The lowest BCUT2D eigenvalue weighted by Gasteiger charge is -2.12. The third-order valence-electron chi connectivity index (χ3n) is 3.55. The summed E-state index contributed by atoms with van der Waals surface area (Å²) in [5, 5.41) is 0. The molecule has 0 spiro atoms. The quantitative estimate of drug-likeness (QED) is 0.790. The van der Waals surface area contributed by atoms with Crippen LogP contribution in [0.15, 0.2) is 42.5 Å². The molecule has 112 valence electrons. The summed E-state index contributed by atoms with van der Waals surface area (Å²) >= 11 is 0. The number of para-hydroxylation sites is 1. The largest absolute Gasteiger partial charge is 0.493 e. The average Bonchev–Trinajstić information content (AvgIpc) is 2.51. The Balaban J connectivity index is 1.76. The molecule has 0 heterocycles. The molecule has 0 radical (unpaired) electrons. The zero-order chi connectivity index (χ0) is 15.1. The maximum absolute atomic E-state index is 5.81. The molecule has 0 saturated heterocycles. The fourth-order valence-corrected chi connectivity index (χ4v) is 2.12. The van der Waals surface area contributed by atoms with Crippen LogP contribution >= 0.6 is 0 Å². The third kappa shape index (κ3) is 4.23. The fraction of sp³-hybridized carbons (Fsp3) is 0.333. The molecule has 2 aromatic carbocycles. The molecular formula is C18H23NO2. The van der Waals surface area contributed by atoms with Crippen molar-refractivity contribution in [2.75, 3.05) is 13.2 Å². The smallest absolute Gasteiger partial charge is 0.123 e. The lowest BCUT2D eigenvalue weighted by atomic mass is 10.1. The summed E-state index contributed by atoms with van der Waals surface area (Å²) in [6.45, 7) is 5.94. The van der Waals surface area contributed by atoms with Crippen LogP contribution in [0, 0.1) is 13.8 Å². The molecule has 0 saturated carbocycles. The highest BCUT2D eigenvalue weighted by molar-refractivity contribution is 5.38. The molecule has 0 unspecified atom stereocenters. The van der Waals surface area contributed by atoms with Gasteiger partial charge < -0.3 is 15.2 Å². The van der Waals surface area contributed by atoms with E-state index in [0.717, 1.165) is 23.5 Å². The number of ether oxygens (including phenoxy) is 2. The van der Waals surface area contributed by atoms with Gasteiger partial charge in [0.25, 0.3) is 0 Å². The zero-order valence-corrected chi connectivity index (χ0v) is 12.8. The first-order chi connectivity index (χ1) is 10.2. The minimum Gasteiger partial charge on any atom is -0.493 e. The van der Waals surface area contributed by atoms with Crippen molar-refractivity contribution < 1.29 is 9.47 Å². The molecule has 0 fully saturated rings. The first-order valence-electron chi connectivity index (χ1n) is 7.32. The van der Waals surface area contributed by atoms with Crippen LogP contribution in [-0.2, 0) is 6.54 Å². The van der Waals surface area contributed by atoms with Crippen LogP contribution in [-0.4, -0.2) is 13.2 Å². The first kappa shape index (κ1) is 15.4. The number of benzene rings is 2. The minimum atomic E-state index is 0.495. The standard InChI is InChI=1S/C18H23NO2/c1-14-7-5-10-17(15(14)2)20-11-6-12-21-18-9-4-3-8-16(18)13-19/h3-5,7-10H,6,11-13,19H2,1-2H3. The summed E-state index contributed by atoms with van der Waals surface area (Å²) in [4.78, 5) is 0. The van der Waals surface area contributed by atoms with E-state index in [-0.39, 0.29) is 0 Å². The highest BCUT2D eigenvalue weighted by Gasteiger charge is 2.03. The Morgan fingerprint density at radius 3 is 2.29 bits per heavy atom. The van der Waals surface area contributed by atoms with Crippen LogP contribution in [0.5, 0.6) is 11.5 Å². The monoisotopic (exact) mass is 285 g/mol. The Bertz CT molecular complexity index is 581. The average molecular weight is 285 g/mol. The fourth-order valence-electron chi connectivity index (χ4n) is 2.12. The van der Waals surface area contributed by atoms with Crippen molar-refractivity contribution in [3.63, 3.8) is 0 Å². The van der Waals surface area contributed by atoms with Crippen molar-refractivity contribution in [1.82, 2.24) is 0 Å². The Morgan fingerprint density at radius 1 is 0.857 bits per heavy atom. The SMILES string of the molecule is Cc1cccc(OCCCOc2ccccc2CN)c1C. The Kier molecular flexibility index (Phi) is 5.64. The highest BCUT2D eigenvalue weighted by Crippen LogP contribution is 2.21. The van der Waals surface area contributed by atoms with E-state index in [2.05, 4.69) is 19.9 Å². The maximum Gasteiger partial charge on any atom is 0.123 e. The highest BCUT2D eigenvalue weighted by atomic mass is 16.5. The molecule has 0 bridgehead atoms. The number of hydrogen-bond acceptors (Lipinski definition) is 3. The zero-order valence-electron chi connectivity index (χ0n) is 12.8. The summed E-state index contributed by atoms with van der Waals surface area (Å²) in [6, 6.07) is 14.0. The van der Waals surface area contributed by atoms with Gasteiger partial charge in [-0.25, -0.2) is 0 Å². The van der Waals surface area contributed by atoms with E-state index < -0.39 is 0 Å². The van der Waals surface area contributed by atoms with Gasteiger partial charge in [-0.15, -0.1) is 0 Å². The van der Waals surface area contributed by atoms with Gasteiger partial charge in [0.1, 0.15) is 11.5 Å². The van der Waals surface area contributed by atoms with Crippen molar-refractivity contribution in [2.45, 2.75) is 26.8 Å². The van der Waals surface area contributed by atoms with E-state index in [0.29, 0.717) is 19.8 Å². The van der Waals surface area contributed by atoms with Crippen LogP contribution in [0.4, 0.5) is 0 Å². The van der Waals surface area contributed by atoms with Gasteiger partial charge in [0, 0.05) is 18.5 Å². The van der Waals surface area contributed by atoms with Gasteiger partial charge in [-0.1, -0.05) is 30.3 Å². The second-order valence-corrected chi connectivity index (χ2v) is 5.06. The molecule has 21 heavy (non-hydrogen) atoms. The van der Waals surface area contributed by atoms with Gasteiger partial charge in [0.2, 0.25) is 0 Å². The summed E-state index contributed by atoms with van der Waals surface area (Å²) in [5.74, 6) is 1.82. The summed E-state index contributed by atoms with van der Waals surface area (Å²) in [5.41, 5.74) is 9.17. The molecule has 0 aromatic heterocycles. The molecule has 3 heteroatoms. The molecule has 3 nitrogen and oxygen atoms in total. The van der Waals surface area contributed by atoms with Crippen LogP contribution in [0.1, 0.15) is 23.1 Å². The van der Waals surface area contributed by atoms with Crippen molar-refractivity contribution >= 4 is 0 Å². The maximum atomic E-state index is 5.81. The van der Waals surface area contributed by atoms with Crippen LogP contribution < -0.4 is 15.2 Å². The normalized spacial score (nSPS) is 10.4. The Morgan fingerprint density at radius 2 is 1.52 bits per heavy atom. The van der Waals surface area contributed by atoms with E-state index in [1.54, 1.807) is 0 Å². The molecular weight excluding hydrogens is 262 g/mol. The van der Waals surface area contributed by atoms with Gasteiger partial charge in [-0.2, -0.15) is 0 Å². The first-order valence-corrected chi connectivity index (χ1v) is 7.32. The minimum absolute atomic E-state index is 0.495. The van der Waals surface area contributed by atoms with E-state index >= 15 is 0 Å². The molecule has 0 amide bonds. The number of nitrogens with two attached hydrogens (primary N) is 1. The second kappa shape index (κ2) is 7.70. The van der Waals surface area contributed by atoms with Gasteiger partial charge in [-0.05, 0) is 37.1 Å². The number of rotatable bonds is 7. The molecule has 2 rings (SSSR count). The van der Waals surface area contributed by atoms with Crippen LogP contribution in [0.2, 0.25) is 0 Å². The predicted octanol–water partition coefficient (Wildman–Crippen LogP) is 3.61. The van der Waals surface area contributed by atoms with Crippen molar-refractivity contribution in [1.29, 1.82) is 0 Å². The summed E-state index contributed by atoms with van der Waals surface area (Å²) in [7, 11) is 0. The molecule has 0 aliphatic carbocycles. The summed E-state index contributed by atoms with van der Waals surface area (Å²) in [6.07, 6.45) is 0.840. The molecule has 0 aliphatic heterocycles. The van der Waals surface area contributed by atoms with Crippen molar-refractivity contribution in [3.05, 3.63) is 59.2 Å². The second-order valence-electron chi connectivity index (χ2n) is 5.06. The van der Waals surface area contributed by atoms with Crippen LogP contribution in [0.3, 0.4) is 0 Å².